The number of carbonyl (C=O) groups is 2. The van der Waals surface area contributed by atoms with Crippen LogP contribution in [-0.2, 0) is 11.2 Å². The van der Waals surface area contributed by atoms with Crippen molar-refractivity contribution in [2.24, 2.45) is 5.73 Å². The van der Waals surface area contributed by atoms with Crippen LogP contribution in [0.4, 0.5) is 14.5 Å². The zero-order valence-electron chi connectivity index (χ0n) is 12.7. The number of halogens is 2. The van der Waals surface area contributed by atoms with Crippen LogP contribution in [0.1, 0.15) is 15.9 Å². The Morgan fingerprint density at radius 1 is 1.16 bits per heavy atom. The molecule has 2 rings (SSSR count). The minimum atomic E-state index is -1.37. The van der Waals surface area contributed by atoms with E-state index in [4.69, 9.17) is 5.73 Å². The van der Waals surface area contributed by atoms with Crippen LogP contribution in [0.2, 0.25) is 0 Å². The number of nitro benzene ring substituents is 1. The second kappa shape index (κ2) is 7.47. The van der Waals surface area contributed by atoms with Gasteiger partial charge in [0.15, 0.2) is 11.6 Å². The smallest absolute Gasteiger partial charge is 0.272 e. The lowest BCUT2D eigenvalue weighted by Gasteiger charge is -2.16. The third kappa shape index (κ3) is 4.14. The molecule has 2 aromatic carbocycles. The van der Waals surface area contributed by atoms with Crippen LogP contribution in [0.5, 0.6) is 0 Å². The second-order valence-corrected chi connectivity index (χ2v) is 5.12. The van der Waals surface area contributed by atoms with Crippen LogP contribution < -0.4 is 11.1 Å². The van der Waals surface area contributed by atoms with Crippen molar-refractivity contribution in [2.75, 3.05) is 0 Å². The molecule has 130 valence electrons. The Balaban J connectivity index is 2.25. The van der Waals surface area contributed by atoms with E-state index < -0.39 is 40.0 Å². The van der Waals surface area contributed by atoms with E-state index in [2.05, 4.69) is 5.32 Å². The Hall–Kier alpha value is -3.36. The summed E-state index contributed by atoms with van der Waals surface area (Å²) in [6.45, 7) is 0. The number of amides is 2. The van der Waals surface area contributed by atoms with E-state index in [1.807, 2.05) is 0 Å². The first-order valence-corrected chi connectivity index (χ1v) is 7.07. The van der Waals surface area contributed by atoms with E-state index in [1.54, 1.807) is 0 Å². The summed E-state index contributed by atoms with van der Waals surface area (Å²) in [5.41, 5.74) is 4.52. The van der Waals surface area contributed by atoms with Crippen molar-refractivity contribution in [3.8, 4) is 0 Å². The van der Waals surface area contributed by atoms with Gasteiger partial charge in [0.05, 0.1) is 10.5 Å². The molecule has 0 aromatic heterocycles. The van der Waals surface area contributed by atoms with Gasteiger partial charge in [-0.3, -0.25) is 19.7 Å². The normalized spacial score (nSPS) is 11.6. The molecule has 0 spiro atoms. The molecule has 3 N–H and O–H groups in total. The minimum Gasteiger partial charge on any atom is -0.368 e. The topological polar surface area (TPSA) is 115 Å². The number of primary amides is 1. The summed E-state index contributed by atoms with van der Waals surface area (Å²) in [5.74, 6) is -4.61. The zero-order chi connectivity index (χ0) is 18.6. The third-order valence-electron chi connectivity index (χ3n) is 3.46. The van der Waals surface area contributed by atoms with Crippen molar-refractivity contribution >= 4 is 17.5 Å². The largest absolute Gasteiger partial charge is 0.368 e. The van der Waals surface area contributed by atoms with Gasteiger partial charge in [-0.2, -0.15) is 0 Å². The molecular weight excluding hydrogens is 336 g/mol. The standard InChI is InChI=1S/C16H13F2N3O4/c17-11-6-3-5-10(14(11)18)16(23)20-12(15(19)22)8-9-4-1-2-7-13(9)21(24)25/h1-7,12H,8H2,(H2,19,22)(H,20,23)/t12-/m1/s1. The summed E-state index contributed by atoms with van der Waals surface area (Å²) < 4.78 is 26.9. The summed E-state index contributed by atoms with van der Waals surface area (Å²) in [4.78, 5) is 34.0. The van der Waals surface area contributed by atoms with Gasteiger partial charge in [0.25, 0.3) is 11.6 Å². The fraction of sp³-hybridized carbons (Fsp3) is 0.125. The van der Waals surface area contributed by atoms with E-state index in [1.165, 1.54) is 24.3 Å². The van der Waals surface area contributed by atoms with Crippen LogP contribution in [0.25, 0.3) is 0 Å². The highest BCUT2D eigenvalue weighted by molar-refractivity contribution is 5.97. The predicted molar refractivity (Wildman–Crippen MR) is 83.6 cm³/mol. The quantitative estimate of drug-likeness (QED) is 0.610. The number of carbonyl (C=O) groups excluding carboxylic acids is 2. The fourth-order valence-corrected chi connectivity index (χ4v) is 2.22. The van der Waals surface area contributed by atoms with Crippen LogP contribution in [0.3, 0.4) is 0 Å². The molecule has 0 saturated heterocycles. The molecule has 0 unspecified atom stereocenters. The molecule has 0 bridgehead atoms. The van der Waals surface area contributed by atoms with E-state index in [9.17, 15) is 28.5 Å². The Kier molecular flexibility index (Phi) is 5.38. The first kappa shape index (κ1) is 18.0. The molecule has 0 saturated carbocycles. The number of benzene rings is 2. The van der Waals surface area contributed by atoms with Crippen molar-refractivity contribution < 1.29 is 23.3 Å². The lowest BCUT2D eigenvalue weighted by Crippen LogP contribution is -2.46. The molecule has 25 heavy (non-hydrogen) atoms. The van der Waals surface area contributed by atoms with Gasteiger partial charge in [0, 0.05) is 18.1 Å². The molecule has 0 heterocycles. The van der Waals surface area contributed by atoms with E-state index >= 15 is 0 Å². The van der Waals surface area contributed by atoms with E-state index in [0.29, 0.717) is 0 Å². The average molecular weight is 349 g/mol. The highest BCUT2D eigenvalue weighted by Gasteiger charge is 2.25. The maximum Gasteiger partial charge on any atom is 0.272 e. The molecule has 0 radical (unpaired) electrons. The highest BCUT2D eigenvalue weighted by Crippen LogP contribution is 2.19. The van der Waals surface area contributed by atoms with Gasteiger partial charge >= 0.3 is 0 Å². The number of nitrogens with one attached hydrogen (secondary N) is 1. The van der Waals surface area contributed by atoms with Gasteiger partial charge in [0.1, 0.15) is 6.04 Å². The molecule has 0 aliphatic carbocycles. The van der Waals surface area contributed by atoms with Gasteiger partial charge in [-0.1, -0.05) is 24.3 Å². The Labute approximate surface area is 140 Å². The summed E-state index contributed by atoms with van der Waals surface area (Å²) in [7, 11) is 0. The van der Waals surface area contributed by atoms with Crippen molar-refractivity contribution in [1.29, 1.82) is 0 Å². The monoisotopic (exact) mass is 349 g/mol. The Bertz CT molecular complexity index is 842. The zero-order valence-corrected chi connectivity index (χ0v) is 12.7. The minimum absolute atomic E-state index is 0.163. The Morgan fingerprint density at radius 3 is 2.48 bits per heavy atom. The number of nitrogens with two attached hydrogens (primary N) is 1. The second-order valence-electron chi connectivity index (χ2n) is 5.12. The van der Waals surface area contributed by atoms with Crippen LogP contribution in [-0.4, -0.2) is 22.8 Å². The number of rotatable bonds is 6. The molecule has 9 heteroatoms. The van der Waals surface area contributed by atoms with Gasteiger partial charge in [-0.25, -0.2) is 8.78 Å². The molecular formula is C16H13F2N3O4. The van der Waals surface area contributed by atoms with Crippen molar-refractivity contribution in [3.05, 3.63) is 75.3 Å². The highest BCUT2D eigenvalue weighted by atomic mass is 19.2. The molecule has 2 aromatic rings. The number of hydrogen-bond acceptors (Lipinski definition) is 4. The number of hydrogen-bond donors (Lipinski definition) is 2. The van der Waals surface area contributed by atoms with Gasteiger partial charge < -0.3 is 11.1 Å². The summed E-state index contributed by atoms with van der Waals surface area (Å²) in [6.07, 6.45) is -0.269. The first-order valence-electron chi connectivity index (χ1n) is 7.07. The predicted octanol–water partition coefficient (Wildman–Crippen LogP) is 1.70. The summed E-state index contributed by atoms with van der Waals surface area (Å²) >= 11 is 0. The summed E-state index contributed by atoms with van der Waals surface area (Å²) in [6, 6.07) is 7.29. The lowest BCUT2D eigenvalue weighted by molar-refractivity contribution is -0.385. The SMILES string of the molecule is NC(=O)[C@@H](Cc1ccccc1[N+](=O)[O-])NC(=O)c1cccc(F)c1F. The molecule has 0 aliphatic rings. The number of nitrogens with zero attached hydrogens (tertiary/aromatic N) is 1. The van der Waals surface area contributed by atoms with Crippen molar-refractivity contribution in [2.45, 2.75) is 12.5 Å². The molecule has 0 fully saturated rings. The van der Waals surface area contributed by atoms with Gasteiger partial charge in [-0.05, 0) is 12.1 Å². The van der Waals surface area contributed by atoms with Crippen molar-refractivity contribution in [1.82, 2.24) is 5.32 Å². The number of nitro groups is 1. The molecule has 0 aliphatic heterocycles. The van der Waals surface area contributed by atoms with Crippen LogP contribution in [0.15, 0.2) is 42.5 Å². The fourth-order valence-electron chi connectivity index (χ4n) is 2.22. The van der Waals surface area contributed by atoms with E-state index in [0.717, 1.165) is 18.2 Å². The van der Waals surface area contributed by atoms with E-state index in [-0.39, 0.29) is 17.7 Å². The van der Waals surface area contributed by atoms with Gasteiger partial charge in [0.2, 0.25) is 5.91 Å². The molecule has 2 amide bonds. The maximum atomic E-state index is 13.7. The average Bonchev–Trinajstić information content (AvgIpc) is 2.56. The number of para-hydroxylation sites is 1. The van der Waals surface area contributed by atoms with Gasteiger partial charge in [-0.15, -0.1) is 0 Å². The maximum absolute atomic E-state index is 13.7. The summed E-state index contributed by atoms with van der Waals surface area (Å²) in [5, 5.41) is 13.2. The lowest BCUT2D eigenvalue weighted by atomic mass is 10.0. The first-order chi connectivity index (χ1) is 11.8. The van der Waals surface area contributed by atoms with Crippen LogP contribution >= 0.6 is 0 Å². The third-order valence-corrected chi connectivity index (χ3v) is 3.46. The van der Waals surface area contributed by atoms with Crippen molar-refractivity contribution in [3.63, 3.8) is 0 Å². The molecule has 7 nitrogen and oxygen atoms in total. The molecule has 1 atom stereocenters. The Morgan fingerprint density at radius 2 is 1.84 bits per heavy atom. The van der Waals surface area contributed by atoms with Crippen LogP contribution in [0, 0.1) is 21.7 Å².